The lowest BCUT2D eigenvalue weighted by atomic mass is 9.30. The topological polar surface area (TPSA) is 194 Å². The van der Waals surface area contributed by atoms with Gasteiger partial charge in [-0.05, 0) is 41.8 Å². The molecule has 2 aromatic carbocycles. The van der Waals surface area contributed by atoms with E-state index in [0.29, 0.717) is 17.7 Å². The zero-order chi connectivity index (χ0) is 25.8. The quantitative estimate of drug-likeness (QED) is 0.226. The third-order valence-corrected chi connectivity index (χ3v) is 7.60. The Labute approximate surface area is 201 Å². The molecule has 3 unspecified atom stereocenters. The Morgan fingerprint density at radius 2 is 1.54 bits per heavy atom. The summed E-state index contributed by atoms with van der Waals surface area (Å²) in [6, 6.07) is 11.5. The second-order valence-electron chi connectivity index (χ2n) is 9.34. The zero-order valence-electron chi connectivity index (χ0n) is 19.1. The summed E-state index contributed by atoms with van der Waals surface area (Å²) in [4.78, 5) is 23.6. The molecule has 2 amide bonds. The summed E-state index contributed by atoms with van der Waals surface area (Å²) in [5.74, 6) is -3.61. The fourth-order valence-electron chi connectivity index (χ4n) is 5.84. The molecule has 0 bridgehead atoms. The maximum absolute atomic E-state index is 12.2. The summed E-state index contributed by atoms with van der Waals surface area (Å²) < 4.78 is 0. The molecule has 0 spiro atoms. The van der Waals surface area contributed by atoms with Gasteiger partial charge >= 0.3 is 0 Å². The monoisotopic (exact) mass is 486 g/mol. The van der Waals surface area contributed by atoms with Crippen LogP contribution >= 0.6 is 0 Å². The number of benzene rings is 2. The van der Waals surface area contributed by atoms with Crippen LogP contribution in [0.5, 0.6) is 0 Å². The van der Waals surface area contributed by atoms with Crippen LogP contribution in [0.4, 0.5) is 0 Å². The van der Waals surface area contributed by atoms with E-state index in [9.17, 15) is 40.2 Å². The number of hydrogen-bond donors (Lipinski definition) is 8. The number of carbonyl (C=O) groups is 2. The Balaban J connectivity index is 1.71. The number of nitrogens with one attached hydrogen (secondary N) is 1. The van der Waals surface area contributed by atoms with E-state index >= 15 is 0 Å². The van der Waals surface area contributed by atoms with Crippen LogP contribution in [-0.4, -0.2) is 84.6 Å². The van der Waals surface area contributed by atoms with Crippen LogP contribution in [0.15, 0.2) is 48.5 Å². The van der Waals surface area contributed by atoms with Gasteiger partial charge in [-0.2, -0.15) is 0 Å². The Morgan fingerprint density at radius 3 is 2.06 bits per heavy atom. The van der Waals surface area contributed by atoms with Gasteiger partial charge in [0.05, 0.1) is 18.6 Å². The van der Waals surface area contributed by atoms with Gasteiger partial charge < -0.3 is 41.7 Å². The van der Waals surface area contributed by atoms with E-state index in [1.807, 2.05) is 6.92 Å². The lowest BCUT2D eigenvalue weighted by molar-refractivity contribution is -0.459. The number of aliphatic hydroxyl groups excluding tert-OH is 3. The van der Waals surface area contributed by atoms with E-state index in [2.05, 4.69) is 5.32 Å². The van der Waals surface area contributed by atoms with Crippen LogP contribution in [0.1, 0.15) is 57.0 Å². The van der Waals surface area contributed by atoms with E-state index < -0.39 is 53.4 Å². The lowest BCUT2D eigenvalue weighted by Crippen LogP contribution is -2.99. The molecular weight excluding hydrogens is 456 g/mol. The Kier molecular flexibility index (Phi) is 6.25. The van der Waals surface area contributed by atoms with E-state index in [4.69, 9.17) is 5.73 Å². The largest absolute Gasteiger partial charge is 0.394 e. The fraction of sp³-hybridized carbons (Fsp3) is 0.440. The number of aliphatic hydroxyl groups is 6. The highest BCUT2D eigenvalue weighted by atomic mass is 16.5. The van der Waals surface area contributed by atoms with Crippen molar-refractivity contribution in [1.82, 2.24) is 5.32 Å². The van der Waals surface area contributed by atoms with Crippen LogP contribution in [0.3, 0.4) is 0 Å². The summed E-state index contributed by atoms with van der Waals surface area (Å²) in [7, 11) is 0. The number of primary amides is 1. The Bertz CT molecular complexity index is 1120. The van der Waals surface area contributed by atoms with Crippen LogP contribution in [-0.2, 0) is 0 Å². The molecule has 35 heavy (non-hydrogen) atoms. The molecule has 2 aliphatic carbocycles. The predicted octanol–water partition coefficient (Wildman–Crippen LogP) is -1.27. The molecule has 7 atom stereocenters. The molecule has 2 aliphatic rings. The summed E-state index contributed by atoms with van der Waals surface area (Å²) >= 11 is 0. The van der Waals surface area contributed by atoms with Gasteiger partial charge in [0.25, 0.3) is 5.91 Å². The smallest absolute Gasteiger partial charge is 0.251 e. The van der Waals surface area contributed by atoms with Gasteiger partial charge in [-0.15, -0.1) is 0 Å². The molecule has 0 aromatic heterocycles. The molecule has 0 aliphatic heterocycles. The maximum atomic E-state index is 12.2. The average molecular weight is 487 g/mol. The summed E-state index contributed by atoms with van der Waals surface area (Å²) in [5.41, 5.74) is -0.836. The predicted molar refractivity (Wildman–Crippen MR) is 123 cm³/mol. The average Bonchev–Trinajstić information content (AvgIpc) is 2.86. The summed E-state index contributed by atoms with van der Waals surface area (Å²) in [5, 5.41) is 68.6. The van der Waals surface area contributed by atoms with Crippen LogP contribution in [0, 0.1) is 0 Å². The molecule has 0 heterocycles. The standard InChI is InChI=1S/C25H30N2O8/c1-2-11-27-22(32)16-9-3-13(4-10-16)18-20(30)24(34)19(14-5-7-15(8-6-14)21(26)31)23(33,17(29)12-28)25(18,24)35/h3-10,17-20,28-30,33-35H,2,11-12H2,1H3,(H2,26,31)(H,27,32)/t17-,18?,19?,20?,23+,24+,25+/m1/s1. The minimum Gasteiger partial charge on any atom is -0.394 e. The number of amides is 2. The van der Waals surface area contributed by atoms with Crippen molar-refractivity contribution in [3.63, 3.8) is 0 Å². The van der Waals surface area contributed by atoms with Gasteiger partial charge in [-0.25, -0.2) is 0 Å². The molecule has 188 valence electrons. The summed E-state index contributed by atoms with van der Waals surface area (Å²) in [6.45, 7) is 1.50. The maximum Gasteiger partial charge on any atom is 0.251 e. The second-order valence-corrected chi connectivity index (χ2v) is 9.34. The normalized spacial score (nSPS) is 34.2. The first-order valence-electron chi connectivity index (χ1n) is 11.4. The first-order valence-corrected chi connectivity index (χ1v) is 11.4. The zero-order valence-corrected chi connectivity index (χ0v) is 19.1. The van der Waals surface area contributed by atoms with Gasteiger partial charge in [0, 0.05) is 23.6 Å². The molecule has 10 nitrogen and oxygen atoms in total. The minimum atomic E-state index is -2.45. The van der Waals surface area contributed by atoms with Crippen molar-refractivity contribution in [3.8, 4) is 0 Å². The second kappa shape index (κ2) is 8.66. The van der Waals surface area contributed by atoms with Gasteiger partial charge in [-0.3, -0.25) is 9.59 Å². The highest BCUT2D eigenvalue weighted by Crippen LogP contribution is 2.75. The number of rotatable bonds is 8. The van der Waals surface area contributed by atoms with Crippen molar-refractivity contribution in [3.05, 3.63) is 70.8 Å². The molecule has 9 N–H and O–H groups in total. The van der Waals surface area contributed by atoms with Crippen molar-refractivity contribution in [2.45, 2.75) is 54.2 Å². The molecule has 2 fully saturated rings. The molecule has 10 heteroatoms. The highest BCUT2D eigenvalue weighted by molar-refractivity contribution is 5.94. The molecule has 4 rings (SSSR count). The first-order chi connectivity index (χ1) is 16.5. The third-order valence-electron chi connectivity index (χ3n) is 7.60. The van der Waals surface area contributed by atoms with Crippen molar-refractivity contribution < 1.29 is 40.2 Å². The minimum absolute atomic E-state index is 0.164. The Hall–Kier alpha value is -2.86. The highest BCUT2D eigenvalue weighted by Gasteiger charge is 2.93. The van der Waals surface area contributed by atoms with Crippen molar-refractivity contribution in [2.24, 2.45) is 5.73 Å². The van der Waals surface area contributed by atoms with E-state index in [-0.39, 0.29) is 17.0 Å². The lowest BCUT2D eigenvalue weighted by Gasteiger charge is -2.80. The number of nitrogens with two attached hydrogens (primary N) is 1. The van der Waals surface area contributed by atoms with E-state index in [0.717, 1.165) is 6.42 Å². The van der Waals surface area contributed by atoms with Gasteiger partial charge in [0.15, 0.2) is 0 Å². The SMILES string of the molecule is CCCNC(=O)c1ccc(C2C(O)[C@@]3(O)C(c4ccc(C(N)=O)cc4)[C@@](O)([C@H](O)CO)[C@@]23O)cc1. The molecule has 0 radical (unpaired) electrons. The van der Waals surface area contributed by atoms with Crippen molar-refractivity contribution >= 4 is 11.8 Å². The summed E-state index contributed by atoms with van der Waals surface area (Å²) in [6.07, 6.45) is -2.66. The van der Waals surface area contributed by atoms with Crippen LogP contribution < -0.4 is 11.1 Å². The van der Waals surface area contributed by atoms with E-state index in [1.165, 1.54) is 48.5 Å². The molecule has 2 aromatic rings. The van der Waals surface area contributed by atoms with Crippen LogP contribution in [0.2, 0.25) is 0 Å². The number of carbonyl (C=O) groups excluding carboxylic acids is 2. The van der Waals surface area contributed by atoms with Crippen molar-refractivity contribution in [1.29, 1.82) is 0 Å². The molecule has 2 saturated carbocycles. The number of fused-ring (bicyclic) bond motifs is 1. The van der Waals surface area contributed by atoms with Crippen LogP contribution in [0.25, 0.3) is 0 Å². The number of hydrogen-bond acceptors (Lipinski definition) is 8. The van der Waals surface area contributed by atoms with Gasteiger partial charge in [0.1, 0.15) is 22.9 Å². The first kappa shape index (κ1) is 25.2. The third kappa shape index (κ3) is 3.18. The Morgan fingerprint density at radius 1 is 1.00 bits per heavy atom. The van der Waals surface area contributed by atoms with Gasteiger partial charge in [-0.1, -0.05) is 31.2 Å². The van der Waals surface area contributed by atoms with Gasteiger partial charge in [0.2, 0.25) is 5.91 Å². The fourth-order valence-corrected chi connectivity index (χ4v) is 5.84. The van der Waals surface area contributed by atoms with E-state index in [1.54, 1.807) is 0 Å². The molecular formula is C25H30N2O8. The van der Waals surface area contributed by atoms with Crippen molar-refractivity contribution in [2.75, 3.05) is 13.2 Å². The molecule has 0 saturated heterocycles.